The summed E-state index contributed by atoms with van der Waals surface area (Å²) in [5.41, 5.74) is 1.29. The van der Waals surface area contributed by atoms with Crippen molar-refractivity contribution in [3.05, 3.63) is 66.0 Å². The van der Waals surface area contributed by atoms with Gasteiger partial charge in [-0.2, -0.15) is 0 Å². The van der Waals surface area contributed by atoms with Crippen LogP contribution in [0.1, 0.15) is 16.1 Å². The number of pyridine rings is 1. The highest BCUT2D eigenvalue weighted by atomic mass is 16.5. The Bertz CT molecular complexity index is 585. The van der Waals surface area contributed by atoms with Gasteiger partial charge in [0.15, 0.2) is 5.78 Å². The number of Topliss-reactive ketones (excluding diaryl/α,β-unsaturated/α-hetero) is 1. The van der Waals surface area contributed by atoms with E-state index < -0.39 is 0 Å². The molecule has 0 radical (unpaired) electrons. The van der Waals surface area contributed by atoms with Crippen LogP contribution >= 0.6 is 0 Å². The largest absolute Gasteiger partial charge is 0.369 e. The number of amides is 1. The van der Waals surface area contributed by atoms with Gasteiger partial charge in [-0.3, -0.25) is 14.6 Å². The first-order valence-electron chi connectivity index (χ1n) is 6.58. The first-order chi connectivity index (χ1) is 10.3. The topological polar surface area (TPSA) is 68.3 Å². The molecule has 0 aliphatic rings. The summed E-state index contributed by atoms with van der Waals surface area (Å²) in [4.78, 5) is 27.2. The molecule has 108 valence electrons. The third kappa shape index (κ3) is 5.16. The average Bonchev–Trinajstić information content (AvgIpc) is 2.54. The van der Waals surface area contributed by atoms with Crippen molar-refractivity contribution in [3.8, 4) is 0 Å². The molecule has 1 aromatic carbocycles. The first-order valence-corrected chi connectivity index (χ1v) is 6.58. The molecule has 0 unspecified atom stereocenters. The average molecular weight is 284 g/mol. The zero-order chi connectivity index (χ0) is 14.9. The Morgan fingerprint density at radius 2 is 1.81 bits per heavy atom. The smallest absolute Gasteiger partial charge is 0.270 e. The fraction of sp³-hybridized carbons (Fsp3) is 0.188. The van der Waals surface area contributed by atoms with Gasteiger partial charge in [0.05, 0.1) is 13.2 Å². The molecule has 21 heavy (non-hydrogen) atoms. The lowest BCUT2D eigenvalue weighted by molar-refractivity contribution is -0.123. The van der Waals surface area contributed by atoms with E-state index in [1.54, 1.807) is 18.2 Å². The van der Waals surface area contributed by atoms with E-state index in [0.717, 1.165) is 5.56 Å². The lowest BCUT2D eigenvalue weighted by Crippen LogP contribution is -2.31. The molecule has 1 heterocycles. The van der Waals surface area contributed by atoms with Crippen LogP contribution in [-0.2, 0) is 16.1 Å². The quantitative estimate of drug-likeness (QED) is 0.838. The van der Waals surface area contributed by atoms with Gasteiger partial charge in [0.2, 0.25) is 0 Å². The number of ketones is 1. The maximum Gasteiger partial charge on any atom is 0.270 e. The maximum atomic E-state index is 11.7. The van der Waals surface area contributed by atoms with Crippen LogP contribution in [0.4, 0.5) is 0 Å². The minimum absolute atomic E-state index is 0.0304. The molecule has 2 aromatic rings. The highest BCUT2D eigenvalue weighted by molar-refractivity contribution is 5.95. The van der Waals surface area contributed by atoms with Crippen LogP contribution in [0, 0.1) is 0 Å². The molecule has 0 fully saturated rings. The molecule has 1 aromatic heterocycles. The number of benzene rings is 1. The SMILES string of the molecule is O=C(CNC(=O)c1ccccn1)COCc1ccccc1. The summed E-state index contributed by atoms with van der Waals surface area (Å²) in [5.74, 6) is -0.553. The zero-order valence-corrected chi connectivity index (χ0v) is 11.5. The second-order valence-corrected chi connectivity index (χ2v) is 4.41. The van der Waals surface area contributed by atoms with Crippen molar-refractivity contribution >= 4 is 11.7 Å². The fourth-order valence-electron chi connectivity index (χ4n) is 1.67. The normalized spacial score (nSPS) is 10.1. The van der Waals surface area contributed by atoms with Gasteiger partial charge in [-0.1, -0.05) is 36.4 Å². The molecule has 0 saturated carbocycles. The van der Waals surface area contributed by atoms with Gasteiger partial charge in [-0.15, -0.1) is 0 Å². The van der Waals surface area contributed by atoms with Gasteiger partial charge < -0.3 is 10.1 Å². The van der Waals surface area contributed by atoms with E-state index in [0.29, 0.717) is 6.61 Å². The Morgan fingerprint density at radius 3 is 2.52 bits per heavy atom. The van der Waals surface area contributed by atoms with Crippen LogP contribution in [0.5, 0.6) is 0 Å². The molecular weight excluding hydrogens is 268 g/mol. The lowest BCUT2D eigenvalue weighted by atomic mass is 10.2. The summed E-state index contributed by atoms with van der Waals surface area (Å²) in [7, 11) is 0. The first kappa shape index (κ1) is 14.9. The van der Waals surface area contributed by atoms with Crippen molar-refractivity contribution < 1.29 is 14.3 Å². The molecule has 5 heteroatoms. The number of ether oxygens (including phenoxy) is 1. The zero-order valence-electron chi connectivity index (χ0n) is 11.5. The predicted octanol–water partition coefficient (Wildman–Crippen LogP) is 1.60. The fourth-order valence-corrected chi connectivity index (χ4v) is 1.67. The molecule has 2 rings (SSSR count). The van der Waals surface area contributed by atoms with E-state index in [1.165, 1.54) is 6.20 Å². The van der Waals surface area contributed by atoms with E-state index in [2.05, 4.69) is 10.3 Å². The van der Waals surface area contributed by atoms with Gasteiger partial charge >= 0.3 is 0 Å². The molecule has 0 aliphatic heterocycles. The van der Waals surface area contributed by atoms with Gasteiger partial charge in [0.25, 0.3) is 5.91 Å². The Balaban J connectivity index is 1.67. The number of nitrogens with one attached hydrogen (secondary N) is 1. The van der Waals surface area contributed by atoms with E-state index in [-0.39, 0.29) is 30.5 Å². The molecule has 0 aliphatic carbocycles. The minimum atomic E-state index is -0.369. The number of rotatable bonds is 7. The van der Waals surface area contributed by atoms with Crippen molar-refractivity contribution in [1.82, 2.24) is 10.3 Å². The van der Waals surface area contributed by atoms with Gasteiger partial charge in [-0.05, 0) is 17.7 Å². The number of carbonyl (C=O) groups is 2. The monoisotopic (exact) mass is 284 g/mol. The second kappa shape index (κ2) is 7.91. The second-order valence-electron chi connectivity index (χ2n) is 4.41. The van der Waals surface area contributed by atoms with Crippen molar-refractivity contribution in [3.63, 3.8) is 0 Å². The molecule has 0 saturated heterocycles. The Hall–Kier alpha value is -2.53. The van der Waals surface area contributed by atoms with Crippen LogP contribution in [0.15, 0.2) is 54.7 Å². The highest BCUT2D eigenvalue weighted by Gasteiger charge is 2.08. The van der Waals surface area contributed by atoms with Crippen LogP contribution in [-0.4, -0.2) is 29.8 Å². The predicted molar refractivity (Wildman–Crippen MR) is 77.7 cm³/mol. The molecule has 0 spiro atoms. The number of hydrogen-bond acceptors (Lipinski definition) is 4. The van der Waals surface area contributed by atoms with Gasteiger partial charge in [0.1, 0.15) is 12.3 Å². The van der Waals surface area contributed by atoms with Crippen LogP contribution < -0.4 is 5.32 Å². The maximum absolute atomic E-state index is 11.7. The molecule has 1 amide bonds. The summed E-state index contributed by atoms with van der Waals surface area (Å²) in [5, 5.41) is 2.52. The lowest BCUT2D eigenvalue weighted by Gasteiger charge is -2.05. The Morgan fingerprint density at radius 1 is 1.05 bits per heavy atom. The number of nitrogens with zero attached hydrogens (tertiary/aromatic N) is 1. The Labute approximate surface area is 123 Å². The van der Waals surface area contributed by atoms with Crippen molar-refractivity contribution in [2.75, 3.05) is 13.2 Å². The minimum Gasteiger partial charge on any atom is -0.369 e. The molecule has 5 nitrogen and oxygen atoms in total. The van der Waals surface area contributed by atoms with Crippen LogP contribution in [0.25, 0.3) is 0 Å². The summed E-state index contributed by atoms with van der Waals surface area (Å²) >= 11 is 0. The number of hydrogen-bond donors (Lipinski definition) is 1. The van der Waals surface area contributed by atoms with Crippen molar-refractivity contribution in [1.29, 1.82) is 0 Å². The highest BCUT2D eigenvalue weighted by Crippen LogP contribution is 2.00. The molecule has 1 N–H and O–H groups in total. The number of aromatic nitrogens is 1. The summed E-state index contributed by atoms with van der Waals surface area (Å²) < 4.78 is 5.30. The van der Waals surface area contributed by atoms with E-state index in [9.17, 15) is 9.59 Å². The Kier molecular flexibility index (Phi) is 5.60. The van der Waals surface area contributed by atoms with Gasteiger partial charge in [-0.25, -0.2) is 0 Å². The summed E-state index contributed by atoms with van der Waals surface area (Å²) in [6, 6.07) is 14.6. The molecule has 0 bridgehead atoms. The third-order valence-corrected chi connectivity index (χ3v) is 2.72. The molecular formula is C16H16N2O3. The standard InChI is InChI=1S/C16H16N2O3/c19-14(12-21-11-13-6-2-1-3-7-13)10-18-16(20)15-8-4-5-9-17-15/h1-9H,10-12H2,(H,18,20). The summed E-state index contributed by atoms with van der Waals surface area (Å²) in [6.07, 6.45) is 1.53. The summed E-state index contributed by atoms with van der Waals surface area (Å²) in [6.45, 7) is 0.280. The van der Waals surface area contributed by atoms with E-state index in [4.69, 9.17) is 4.74 Å². The van der Waals surface area contributed by atoms with E-state index in [1.807, 2.05) is 30.3 Å². The van der Waals surface area contributed by atoms with Crippen molar-refractivity contribution in [2.24, 2.45) is 0 Å². The molecule has 0 atom stereocenters. The number of carbonyl (C=O) groups excluding carboxylic acids is 2. The van der Waals surface area contributed by atoms with Crippen LogP contribution in [0.2, 0.25) is 0 Å². The van der Waals surface area contributed by atoms with Crippen molar-refractivity contribution in [2.45, 2.75) is 6.61 Å². The van der Waals surface area contributed by atoms with Gasteiger partial charge in [0, 0.05) is 6.20 Å². The van der Waals surface area contributed by atoms with E-state index >= 15 is 0 Å². The van der Waals surface area contributed by atoms with Crippen LogP contribution in [0.3, 0.4) is 0 Å². The third-order valence-electron chi connectivity index (χ3n) is 2.72.